The zero-order chi connectivity index (χ0) is 19.5. The number of hydrogen-bond acceptors (Lipinski definition) is 6. The second-order valence-electron chi connectivity index (χ2n) is 8.39. The van der Waals surface area contributed by atoms with Gasteiger partial charge in [0.25, 0.3) is 5.56 Å². The topological polar surface area (TPSA) is 102 Å². The molecule has 9 heteroatoms. The first kappa shape index (κ1) is 17.5. The lowest BCUT2D eigenvalue weighted by molar-refractivity contribution is 0.103. The first-order valence-corrected chi connectivity index (χ1v) is 9.88. The fraction of sp³-hybridized carbons (Fsp3) is 0.632. The maximum absolute atomic E-state index is 14.2. The van der Waals surface area contributed by atoms with Gasteiger partial charge >= 0.3 is 0 Å². The van der Waals surface area contributed by atoms with Crippen molar-refractivity contribution in [3.05, 3.63) is 34.1 Å². The van der Waals surface area contributed by atoms with Crippen LogP contribution in [0.3, 0.4) is 0 Å². The zero-order valence-corrected chi connectivity index (χ0v) is 16.0. The Kier molecular flexibility index (Phi) is 3.89. The Hall–Kier alpha value is -2.58. The quantitative estimate of drug-likeness (QED) is 0.741. The smallest absolute Gasteiger partial charge is 0.262 e. The molecule has 0 unspecified atom stereocenters. The SMILES string of the molecule is Cc1noc([C@@H]2CC[C@@H]2c2nc3c(cnn3C3CCC(C)(F)CC3)c(=O)[nH]2)n1. The van der Waals surface area contributed by atoms with Crippen molar-refractivity contribution in [2.24, 2.45) is 0 Å². The van der Waals surface area contributed by atoms with E-state index >= 15 is 0 Å². The average Bonchev–Trinajstić information content (AvgIpc) is 3.21. The predicted molar refractivity (Wildman–Crippen MR) is 98.9 cm³/mol. The first-order chi connectivity index (χ1) is 13.4. The number of nitrogens with one attached hydrogen (secondary N) is 1. The van der Waals surface area contributed by atoms with E-state index in [2.05, 4.69) is 20.2 Å². The molecule has 2 atom stereocenters. The molecule has 1 N–H and O–H groups in total. The van der Waals surface area contributed by atoms with Crippen molar-refractivity contribution in [1.29, 1.82) is 0 Å². The predicted octanol–water partition coefficient (Wildman–Crippen LogP) is 3.32. The van der Waals surface area contributed by atoms with Gasteiger partial charge in [0.05, 0.1) is 12.2 Å². The summed E-state index contributed by atoms with van der Waals surface area (Å²) < 4.78 is 21.3. The van der Waals surface area contributed by atoms with Crippen LogP contribution in [0.15, 0.2) is 15.5 Å². The molecule has 3 heterocycles. The van der Waals surface area contributed by atoms with Gasteiger partial charge in [-0.05, 0) is 52.4 Å². The molecular formula is C19H23FN6O2. The summed E-state index contributed by atoms with van der Waals surface area (Å²) in [5.74, 6) is 1.95. The summed E-state index contributed by atoms with van der Waals surface area (Å²) in [6, 6.07) is 0.0688. The van der Waals surface area contributed by atoms with Crippen molar-refractivity contribution in [2.75, 3.05) is 0 Å². The number of hydrogen-bond donors (Lipinski definition) is 1. The summed E-state index contributed by atoms with van der Waals surface area (Å²) in [5.41, 5.74) is -0.722. The Labute approximate surface area is 160 Å². The van der Waals surface area contributed by atoms with E-state index in [9.17, 15) is 9.18 Å². The lowest BCUT2D eigenvalue weighted by Gasteiger charge is -2.33. The third-order valence-corrected chi connectivity index (χ3v) is 6.31. The van der Waals surface area contributed by atoms with E-state index in [1.807, 2.05) is 4.68 Å². The zero-order valence-electron chi connectivity index (χ0n) is 16.0. The van der Waals surface area contributed by atoms with Crippen LogP contribution in [0, 0.1) is 6.92 Å². The van der Waals surface area contributed by atoms with Crippen LogP contribution >= 0.6 is 0 Å². The molecule has 0 spiro atoms. The van der Waals surface area contributed by atoms with Gasteiger partial charge in [-0.2, -0.15) is 10.1 Å². The summed E-state index contributed by atoms with van der Waals surface area (Å²) in [5, 5.41) is 8.77. The Morgan fingerprint density at radius 1 is 1.21 bits per heavy atom. The number of aromatic nitrogens is 6. The highest BCUT2D eigenvalue weighted by atomic mass is 19.1. The second kappa shape index (κ2) is 6.22. The number of alkyl halides is 1. The summed E-state index contributed by atoms with van der Waals surface area (Å²) in [6.07, 6.45) is 5.77. The summed E-state index contributed by atoms with van der Waals surface area (Å²) in [4.78, 5) is 24.7. The maximum atomic E-state index is 14.2. The fourth-order valence-electron chi connectivity index (χ4n) is 4.43. The molecule has 0 bridgehead atoms. The molecule has 2 aliphatic carbocycles. The van der Waals surface area contributed by atoms with Crippen molar-refractivity contribution < 1.29 is 8.91 Å². The summed E-state index contributed by atoms with van der Waals surface area (Å²) in [6.45, 7) is 3.44. The molecule has 0 saturated heterocycles. The van der Waals surface area contributed by atoms with Crippen LogP contribution < -0.4 is 5.56 Å². The van der Waals surface area contributed by atoms with Crippen LogP contribution in [0.5, 0.6) is 0 Å². The number of aryl methyl sites for hydroxylation is 1. The van der Waals surface area contributed by atoms with Gasteiger partial charge in [-0.25, -0.2) is 14.1 Å². The normalized spacial score (nSPS) is 30.5. The van der Waals surface area contributed by atoms with Crippen LogP contribution in [0.4, 0.5) is 4.39 Å². The number of nitrogens with zero attached hydrogens (tertiary/aromatic N) is 5. The van der Waals surface area contributed by atoms with E-state index < -0.39 is 5.67 Å². The van der Waals surface area contributed by atoms with Gasteiger partial charge in [-0.3, -0.25) is 4.79 Å². The lowest BCUT2D eigenvalue weighted by Crippen LogP contribution is -2.29. The summed E-state index contributed by atoms with van der Waals surface area (Å²) >= 11 is 0. The molecule has 28 heavy (non-hydrogen) atoms. The minimum Gasteiger partial charge on any atom is -0.339 e. The lowest BCUT2D eigenvalue weighted by atomic mass is 9.73. The number of H-pyrrole nitrogens is 1. The Morgan fingerprint density at radius 2 is 1.96 bits per heavy atom. The highest BCUT2D eigenvalue weighted by molar-refractivity contribution is 5.73. The Balaban J connectivity index is 1.49. The van der Waals surface area contributed by atoms with Gasteiger partial charge in [0.2, 0.25) is 5.89 Å². The molecule has 8 nitrogen and oxygen atoms in total. The minimum atomic E-state index is -1.11. The molecule has 148 valence electrons. The summed E-state index contributed by atoms with van der Waals surface area (Å²) in [7, 11) is 0. The van der Waals surface area contributed by atoms with Crippen molar-refractivity contribution in [2.45, 2.75) is 75.9 Å². The second-order valence-corrected chi connectivity index (χ2v) is 8.39. The molecule has 3 aromatic rings. The van der Waals surface area contributed by atoms with E-state index in [1.165, 1.54) is 0 Å². The highest BCUT2D eigenvalue weighted by Crippen LogP contribution is 2.47. The van der Waals surface area contributed by atoms with Gasteiger partial charge in [0.15, 0.2) is 11.5 Å². The Bertz CT molecular complexity index is 1070. The van der Waals surface area contributed by atoms with Crippen LogP contribution in [0.25, 0.3) is 11.0 Å². The fourth-order valence-corrected chi connectivity index (χ4v) is 4.43. The van der Waals surface area contributed by atoms with Gasteiger partial charge in [-0.1, -0.05) is 5.16 Å². The van der Waals surface area contributed by atoms with Crippen LogP contribution in [-0.4, -0.2) is 35.6 Å². The largest absolute Gasteiger partial charge is 0.339 e. The molecular weight excluding hydrogens is 363 g/mol. The third-order valence-electron chi connectivity index (χ3n) is 6.31. The minimum absolute atomic E-state index is 0.0424. The molecule has 5 rings (SSSR count). The monoisotopic (exact) mass is 386 g/mol. The van der Waals surface area contributed by atoms with Gasteiger partial charge in [-0.15, -0.1) is 0 Å². The molecule has 0 aliphatic heterocycles. The molecule has 2 fully saturated rings. The molecule has 3 aromatic heterocycles. The van der Waals surface area contributed by atoms with E-state index in [-0.39, 0.29) is 23.4 Å². The first-order valence-electron chi connectivity index (χ1n) is 9.88. The number of fused-ring (bicyclic) bond motifs is 1. The number of aromatic amines is 1. The van der Waals surface area contributed by atoms with Crippen LogP contribution in [0.1, 0.15) is 80.9 Å². The Morgan fingerprint density at radius 3 is 2.61 bits per heavy atom. The van der Waals surface area contributed by atoms with E-state index in [0.717, 1.165) is 12.8 Å². The van der Waals surface area contributed by atoms with Crippen molar-refractivity contribution in [3.63, 3.8) is 0 Å². The third kappa shape index (κ3) is 2.84. The van der Waals surface area contributed by atoms with E-state index in [1.54, 1.807) is 20.0 Å². The molecule has 0 amide bonds. The maximum Gasteiger partial charge on any atom is 0.262 e. The van der Waals surface area contributed by atoms with Crippen molar-refractivity contribution in [1.82, 2.24) is 29.9 Å². The van der Waals surface area contributed by atoms with Crippen LogP contribution in [0.2, 0.25) is 0 Å². The number of rotatable bonds is 3. The van der Waals surface area contributed by atoms with E-state index in [4.69, 9.17) is 9.51 Å². The van der Waals surface area contributed by atoms with Crippen LogP contribution in [-0.2, 0) is 0 Å². The molecule has 2 aliphatic rings. The molecule has 0 aromatic carbocycles. The molecule has 0 radical (unpaired) electrons. The average molecular weight is 386 g/mol. The van der Waals surface area contributed by atoms with Crippen molar-refractivity contribution in [3.8, 4) is 0 Å². The van der Waals surface area contributed by atoms with E-state index in [0.29, 0.717) is 54.3 Å². The number of halogens is 1. The van der Waals surface area contributed by atoms with Gasteiger partial charge in [0, 0.05) is 11.8 Å². The van der Waals surface area contributed by atoms with Crippen molar-refractivity contribution >= 4 is 11.0 Å². The highest BCUT2D eigenvalue weighted by Gasteiger charge is 2.39. The molecule has 2 saturated carbocycles. The standard InChI is InChI=1S/C19H23FN6O2/c1-10-22-18(28-25-10)13-4-3-12(13)15-23-16-14(17(27)24-15)9-21-26(16)11-5-7-19(2,20)8-6-11/h9,11-13H,3-8H2,1-2H3,(H,23,24,27)/t11?,12-,13+,19?/m0/s1. The van der Waals surface area contributed by atoms with Gasteiger partial charge in [0.1, 0.15) is 16.9 Å². The van der Waals surface area contributed by atoms with Gasteiger partial charge < -0.3 is 9.51 Å².